The zero-order valence-corrected chi connectivity index (χ0v) is 23.0. The third kappa shape index (κ3) is 5.19. The van der Waals surface area contributed by atoms with Gasteiger partial charge in [-0.25, -0.2) is 18.4 Å². The maximum Gasteiger partial charge on any atom is 0.433 e. The number of pyridine rings is 1. The SMILES string of the molecule is CN1NC(=C2C=CC3=Nc4nc(C(F)(F)F)ccc4CN(S(=O)(=O)c4ccc(C(C)(C)C)cc4)C3C2)N(C)N1. The van der Waals surface area contributed by atoms with E-state index in [1.54, 1.807) is 53.6 Å². The lowest BCUT2D eigenvalue weighted by Gasteiger charge is -2.32. The van der Waals surface area contributed by atoms with E-state index in [1.165, 1.54) is 10.4 Å². The molecular formula is C26H30F3N7O2S. The summed E-state index contributed by atoms with van der Waals surface area (Å²) in [5, 5.41) is 3.41. The summed E-state index contributed by atoms with van der Waals surface area (Å²) in [6, 6.07) is 8.08. The van der Waals surface area contributed by atoms with E-state index in [1.807, 2.05) is 27.8 Å². The Morgan fingerprint density at radius 2 is 1.69 bits per heavy atom. The number of hydrogen-bond acceptors (Lipinski definition) is 8. The molecule has 1 unspecified atom stereocenters. The minimum Gasteiger partial charge on any atom is -0.289 e. The van der Waals surface area contributed by atoms with Gasteiger partial charge in [-0.05, 0) is 47.2 Å². The second-order valence-electron chi connectivity index (χ2n) is 10.8. The first-order valence-electron chi connectivity index (χ1n) is 12.3. The first-order valence-corrected chi connectivity index (χ1v) is 13.8. The van der Waals surface area contributed by atoms with Crippen LogP contribution < -0.4 is 11.0 Å². The van der Waals surface area contributed by atoms with Crippen molar-refractivity contribution in [3.8, 4) is 0 Å². The van der Waals surface area contributed by atoms with Crippen LogP contribution in [-0.2, 0) is 28.2 Å². The van der Waals surface area contributed by atoms with Gasteiger partial charge in [-0.2, -0.15) is 17.5 Å². The van der Waals surface area contributed by atoms with E-state index in [2.05, 4.69) is 20.9 Å². The Morgan fingerprint density at radius 3 is 2.28 bits per heavy atom. The monoisotopic (exact) mass is 561 g/mol. The number of rotatable bonds is 2. The van der Waals surface area contributed by atoms with Gasteiger partial charge in [0.05, 0.1) is 16.6 Å². The summed E-state index contributed by atoms with van der Waals surface area (Å²) in [6.07, 6.45) is -0.973. The predicted molar refractivity (Wildman–Crippen MR) is 141 cm³/mol. The molecule has 1 saturated heterocycles. The minimum absolute atomic E-state index is 0.0967. The molecule has 2 N–H and O–H groups in total. The van der Waals surface area contributed by atoms with Crippen molar-refractivity contribution in [2.75, 3.05) is 14.1 Å². The van der Waals surface area contributed by atoms with Gasteiger partial charge in [-0.15, -0.1) is 10.7 Å². The lowest BCUT2D eigenvalue weighted by molar-refractivity contribution is -0.141. The second kappa shape index (κ2) is 9.44. The maximum atomic E-state index is 14.1. The van der Waals surface area contributed by atoms with Crippen LogP contribution in [0.3, 0.4) is 0 Å². The zero-order chi connectivity index (χ0) is 28.3. The number of fused-ring (bicyclic) bond motifs is 2. The number of hydrazine groups is 3. The fraction of sp³-hybridized carbons (Fsp3) is 0.385. The molecule has 0 bridgehead atoms. The molecule has 1 aromatic carbocycles. The highest BCUT2D eigenvalue weighted by Crippen LogP contribution is 2.37. The smallest absolute Gasteiger partial charge is 0.289 e. The van der Waals surface area contributed by atoms with Crippen LogP contribution in [0.15, 0.2) is 69.8 Å². The number of aromatic nitrogens is 1. The molecule has 1 aliphatic carbocycles. The lowest BCUT2D eigenvalue weighted by atomic mass is 9.87. The highest BCUT2D eigenvalue weighted by molar-refractivity contribution is 7.89. The van der Waals surface area contributed by atoms with Crippen molar-refractivity contribution in [3.63, 3.8) is 0 Å². The Balaban J connectivity index is 1.63. The van der Waals surface area contributed by atoms with Gasteiger partial charge in [-0.1, -0.05) is 45.0 Å². The van der Waals surface area contributed by atoms with Crippen LogP contribution in [-0.4, -0.2) is 53.7 Å². The molecule has 13 heteroatoms. The first kappa shape index (κ1) is 27.3. The normalized spacial score (nSPS) is 22.7. The van der Waals surface area contributed by atoms with E-state index in [0.29, 0.717) is 11.3 Å². The number of allylic oxidation sites excluding steroid dienone is 1. The Hall–Kier alpha value is -3.26. The van der Waals surface area contributed by atoms with Gasteiger partial charge in [0.15, 0.2) is 5.82 Å². The molecule has 3 aliphatic rings. The molecule has 0 saturated carbocycles. The summed E-state index contributed by atoms with van der Waals surface area (Å²) < 4.78 is 69.8. The molecule has 2 aromatic rings. The predicted octanol–water partition coefficient (Wildman–Crippen LogP) is 4.02. The Morgan fingerprint density at radius 1 is 1.00 bits per heavy atom. The largest absolute Gasteiger partial charge is 0.433 e. The van der Waals surface area contributed by atoms with Gasteiger partial charge in [0, 0.05) is 26.2 Å². The fourth-order valence-corrected chi connectivity index (χ4v) is 6.38. The molecule has 3 heterocycles. The van der Waals surface area contributed by atoms with Crippen molar-refractivity contribution in [2.45, 2.75) is 56.3 Å². The van der Waals surface area contributed by atoms with Crippen molar-refractivity contribution >= 4 is 21.6 Å². The lowest BCUT2D eigenvalue weighted by Crippen LogP contribution is -2.45. The summed E-state index contributed by atoms with van der Waals surface area (Å²) in [5.41, 5.74) is 7.37. The quantitative estimate of drug-likeness (QED) is 0.572. The number of benzene rings is 1. The van der Waals surface area contributed by atoms with Crippen LogP contribution in [0.1, 0.15) is 44.0 Å². The molecule has 1 atom stereocenters. The Kier molecular flexibility index (Phi) is 6.61. The van der Waals surface area contributed by atoms with Crippen LogP contribution in [0.2, 0.25) is 0 Å². The number of nitrogens with zero attached hydrogens (tertiary/aromatic N) is 5. The zero-order valence-electron chi connectivity index (χ0n) is 22.2. The number of alkyl halides is 3. The van der Waals surface area contributed by atoms with E-state index in [0.717, 1.165) is 23.0 Å². The van der Waals surface area contributed by atoms with Gasteiger partial charge in [-0.3, -0.25) is 10.4 Å². The molecule has 2 aliphatic heterocycles. The van der Waals surface area contributed by atoms with Gasteiger partial charge in [0.25, 0.3) is 0 Å². The van der Waals surface area contributed by atoms with Crippen molar-refractivity contribution in [1.82, 2.24) is 30.4 Å². The van der Waals surface area contributed by atoms with Crippen molar-refractivity contribution in [3.05, 3.63) is 76.8 Å². The third-order valence-corrected chi connectivity index (χ3v) is 8.77. The summed E-state index contributed by atoms with van der Waals surface area (Å²) >= 11 is 0. The molecule has 1 fully saturated rings. The molecule has 39 heavy (non-hydrogen) atoms. The van der Waals surface area contributed by atoms with Crippen LogP contribution >= 0.6 is 0 Å². The standard InChI is InChI=1S/C26H30F3N7O2S/c1-25(2,3)18-8-10-19(11-9-18)39(37,38)36-15-17-7-13-22(26(27,28)29)31-23(17)30-20-12-6-16(14-21(20)36)24-32-35(5)33-34(24)4/h6-13,21,32-33H,14-15H2,1-5H3. The molecule has 208 valence electrons. The second-order valence-corrected chi connectivity index (χ2v) is 12.7. The number of hydrogen-bond donors (Lipinski definition) is 2. The van der Waals surface area contributed by atoms with Crippen molar-refractivity contribution in [1.29, 1.82) is 0 Å². The molecule has 9 nitrogen and oxygen atoms in total. The summed E-state index contributed by atoms with van der Waals surface area (Å²) in [6.45, 7) is 5.93. The molecule has 0 radical (unpaired) electrons. The van der Waals surface area contributed by atoms with E-state index in [9.17, 15) is 21.6 Å². The average Bonchev–Trinajstić information content (AvgIpc) is 3.10. The number of sulfonamides is 1. The maximum absolute atomic E-state index is 14.1. The van der Waals surface area contributed by atoms with E-state index >= 15 is 0 Å². The first-order chi connectivity index (χ1) is 18.1. The molecular weight excluding hydrogens is 531 g/mol. The fourth-order valence-electron chi connectivity index (χ4n) is 4.81. The molecule has 1 aromatic heterocycles. The molecule has 5 rings (SSSR count). The average molecular weight is 562 g/mol. The van der Waals surface area contributed by atoms with Crippen LogP contribution in [0, 0.1) is 0 Å². The summed E-state index contributed by atoms with van der Waals surface area (Å²) in [4.78, 5) is 8.33. The third-order valence-electron chi connectivity index (χ3n) is 6.91. The number of aliphatic imine (C=N–C) groups is 1. The molecule has 0 spiro atoms. The van der Waals surface area contributed by atoms with Gasteiger partial charge in [0.1, 0.15) is 11.5 Å². The summed E-state index contributed by atoms with van der Waals surface area (Å²) in [5.74, 6) is 0.586. The summed E-state index contributed by atoms with van der Waals surface area (Å²) in [7, 11) is -0.487. The van der Waals surface area contributed by atoms with Gasteiger partial charge in [0.2, 0.25) is 10.0 Å². The number of nitrogens with one attached hydrogen (secondary N) is 2. The highest BCUT2D eigenvalue weighted by atomic mass is 32.2. The highest BCUT2D eigenvalue weighted by Gasteiger charge is 2.40. The minimum atomic E-state index is -4.65. The van der Waals surface area contributed by atoms with Crippen molar-refractivity contribution in [2.24, 2.45) is 4.99 Å². The van der Waals surface area contributed by atoms with Crippen LogP contribution in [0.5, 0.6) is 0 Å². The molecule has 0 amide bonds. The topological polar surface area (TPSA) is 93.2 Å². The van der Waals surface area contributed by atoms with E-state index < -0.39 is 27.9 Å². The van der Waals surface area contributed by atoms with Crippen LogP contribution in [0.25, 0.3) is 0 Å². The van der Waals surface area contributed by atoms with E-state index in [4.69, 9.17) is 0 Å². The Bertz CT molecular complexity index is 1490. The van der Waals surface area contributed by atoms with Crippen molar-refractivity contribution < 1.29 is 21.6 Å². The number of halogens is 3. The Labute approximate surface area is 225 Å². The van der Waals surface area contributed by atoms with Gasteiger partial charge < -0.3 is 0 Å². The van der Waals surface area contributed by atoms with Crippen LogP contribution in [0.4, 0.5) is 19.0 Å². The van der Waals surface area contributed by atoms with Gasteiger partial charge >= 0.3 is 6.18 Å². The van der Waals surface area contributed by atoms with E-state index in [-0.39, 0.29) is 29.1 Å².